The first-order valence-corrected chi connectivity index (χ1v) is 7.57. The second kappa shape index (κ2) is 6.10. The number of nitrogens with zero attached hydrogens (tertiary/aromatic N) is 4. The van der Waals surface area contributed by atoms with Crippen LogP contribution in [0.5, 0.6) is 5.75 Å². The number of carbonyl (C=O) groups excluding carboxylic acids is 1. The Bertz CT molecular complexity index is 793. The summed E-state index contributed by atoms with van der Waals surface area (Å²) in [6.07, 6.45) is 0. The highest BCUT2D eigenvalue weighted by Crippen LogP contribution is 2.13. The Labute approximate surface area is 130 Å². The van der Waals surface area contributed by atoms with Gasteiger partial charge < -0.3 is 10.1 Å². The molecule has 0 radical (unpaired) electrons. The summed E-state index contributed by atoms with van der Waals surface area (Å²) in [6, 6.07) is 7.56. The summed E-state index contributed by atoms with van der Waals surface area (Å²) in [5.74, 6) is 1.21. The molecule has 0 atom stereocenters. The quantitative estimate of drug-likeness (QED) is 0.771. The smallest absolute Gasteiger partial charge is 0.258 e. The lowest BCUT2D eigenvalue weighted by Gasteiger charge is -2.06. The van der Waals surface area contributed by atoms with Crippen molar-refractivity contribution in [1.29, 1.82) is 0 Å². The van der Waals surface area contributed by atoms with Crippen LogP contribution in [0.2, 0.25) is 0 Å². The fourth-order valence-electron chi connectivity index (χ4n) is 1.83. The van der Waals surface area contributed by atoms with E-state index in [9.17, 15) is 4.79 Å². The van der Waals surface area contributed by atoms with Crippen molar-refractivity contribution in [2.45, 2.75) is 20.4 Å². The Morgan fingerprint density at radius 1 is 1.27 bits per heavy atom. The molecule has 3 rings (SSSR count). The number of benzene rings is 1. The molecule has 0 aliphatic rings. The number of aromatic nitrogens is 4. The molecule has 7 nitrogen and oxygen atoms in total. The number of carbonyl (C=O) groups is 1. The molecular weight excluding hydrogens is 302 g/mol. The van der Waals surface area contributed by atoms with Crippen LogP contribution in [-0.2, 0) is 11.3 Å². The van der Waals surface area contributed by atoms with Crippen molar-refractivity contribution in [2.75, 3.05) is 6.61 Å². The fourth-order valence-corrected chi connectivity index (χ4v) is 2.65. The highest BCUT2D eigenvalue weighted by atomic mass is 32.1. The van der Waals surface area contributed by atoms with Crippen LogP contribution in [0.15, 0.2) is 24.3 Å². The molecule has 0 unspecified atom stereocenters. The van der Waals surface area contributed by atoms with Gasteiger partial charge in [0.1, 0.15) is 10.8 Å². The molecule has 114 valence electrons. The fraction of sp³-hybridized carbons (Fsp3) is 0.286. The average Bonchev–Trinajstić information content (AvgIpc) is 3.07. The van der Waals surface area contributed by atoms with E-state index >= 15 is 0 Å². The van der Waals surface area contributed by atoms with Crippen LogP contribution in [-0.4, -0.2) is 32.3 Å². The van der Waals surface area contributed by atoms with Crippen LogP contribution >= 0.6 is 11.3 Å². The maximum Gasteiger partial charge on any atom is 0.258 e. The lowest BCUT2D eigenvalue weighted by Crippen LogP contribution is -2.28. The Hall–Kier alpha value is -2.48. The summed E-state index contributed by atoms with van der Waals surface area (Å²) in [5, 5.41) is 15.8. The maximum atomic E-state index is 11.8. The molecule has 8 heteroatoms. The number of rotatable bonds is 5. The minimum absolute atomic E-state index is 0.0217. The molecule has 0 saturated heterocycles. The van der Waals surface area contributed by atoms with Crippen LogP contribution in [0.4, 0.5) is 0 Å². The molecule has 1 aromatic carbocycles. The zero-order chi connectivity index (χ0) is 15.5. The third-order valence-corrected chi connectivity index (χ3v) is 3.92. The summed E-state index contributed by atoms with van der Waals surface area (Å²) in [4.78, 5) is 12.5. The lowest BCUT2D eigenvalue weighted by molar-refractivity contribution is -0.123. The topological polar surface area (TPSA) is 81.4 Å². The molecule has 2 aromatic heterocycles. The van der Waals surface area contributed by atoms with Crippen molar-refractivity contribution < 1.29 is 9.53 Å². The van der Waals surface area contributed by atoms with E-state index in [1.54, 1.807) is 4.52 Å². The summed E-state index contributed by atoms with van der Waals surface area (Å²) in [7, 11) is 0. The highest BCUT2D eigenvalue weighted by Gasteiger charge is 2.10. The standard InChI is InChI=1S/C14H15N5O2S/c1-9-3-5-11(6-4-9)21-8-12(20)15-7-13-18-19-10(2)16-17-14(19)22-13/h3-6H,7-8H2,1-2H3,(H,15,20). The Balaban J connectivity index is 1.50. The maximum absolute atomic E-state index is 11.8. The van der Waals surface area contributed by atoms with Gasteiger partial charge in [0.15, 0.2) is 12.4 Å². The average molecular weight is 317 g/mol. The van der Waals surface area contributed by atoms with Gasteiger partial charge in [0.05, 0.1) is 6.54 Å². The van der Waals surface area contributed by atoms with Gasteiger partial charge in [-0.15, -0.1) is 10.2 Å². The summed E-state index contributed by atoms with van der Waals surface area (Å²) in [6.45, 7) is 4.16. The number of amides is 1. The number of nitrogens with one attached hydrogen (secondary N) is 1. The van der Waals surface area contributed by atoms with Gasteiger partial charge in [0.25, 0.3) is 5.91 Å². The number of ether oxygens (including phenoxy) is 1. The Morgan fingerprint density at radius 3 is 2.77 bits per heavy atom. The number of hydrogen-bond donors (Lipinski definition) is 1. The molecule has 2 heterocycles. The van der Waals surface area contributed by atoms with Gasteiger partial charge in [-0.05, 0) is 26.0 Å². The summed E-state index contributed by atoms with van der Waals surface area (Å²) >= 11 is 1.40. The molecule has 0 spiro atoms. The minimum Gasteiger partial charge on any atom is -0.484 e. The molecule has 22 heavy (non-hydrogen) atoms. The van der Waals surface area contributed by atoms with Crippen LogP contribution < -0.4 is 10.1 Å². The first-order valence-electron chi connectivity index (χ1n) is 6.76. The van der Waals surface area contributed by atoms with Crippen LogP contribution in [0.1, 0.15) is 16.4 Å². The van der Waals surface area contributed by atoms with E-state index in [0.717, 1.165) is 21.4 Å². The first kappa shape index (κ1) is 14.5. The lowest BCUT2D eigenvalue weighted by atomic mass is 10.2. The Morgan fingerprint density at radius 2 is 2.05 bits per heavy atom. The molecule has 1 amide bonds. The number of fused-ring (bicyclic) bond motifs is 1. The Kier molecular flexibility index (Phi) is 4.01. The number of aryl methyl sites for hydroxylation is 2. The molecular formula is C14H15N5O2S. The summed E-state index contributed by atoms with van der Waals surface area (Å²) < 4.78 is 7.08. The predicted molar refractivity (Wildman–Crippen MR) is 81.9 cm³/mol. The number of hydrogen-bond acceptors (Lipinski definition) is 6. The van der Waals surface area contributed by atoms with Crippen molar-refractivity contribution in [3.8, 4) is 5.75 Å². The molecule has 0 fully saturated rings. The third kappa shape index (κ3) is 3.22. The van der Waals surface area contributed by atoms with E-state index in [2.05, 4.69) is 20.6 Å². The zero-order valence-electron chi connectivity index (χ0n) is 12.2. The van der Waals surface area contributed by atoms with E-state index < -0.39 is 0 Å². The first-order chi connectivity index (χ1) is 10.6. The SMILES string of the molecule is Cc1ccc(OCC(=O)NCc2nn3c(C)nnc3s2)cc1. The molecule has 0 bridgehead atoms. The largest absolute Gasteiger partial charge is 0.484 e. The molecule has 3 aromatic rings. The van der Waals surface area contributed by atoms with Gasteiger partial charge in [0.2, 0.25) is 4.96 Å². The van der Waals surface area contributed by atoms with Crippen molar-refractivity contribution in [1.82, 2.24) is 25.1 Å². The van der Waals surface area contributed by atoms with Gasteiger partial charge in [0, 0.05) is 0 Å². The minimum atomic E-state index is -0.191. The van der Waals surface area contributed by atoms with E-state index in [4.69, 9.17) is 4.74 Å². The van der Waals surface area contributed by atoms with Crippen molar-refractivity contribution in [3.63, 3.8) is 0 Å². The van der Waals surface area contributed by atoms with E-state index in [1.807, 2.05) is 38.1 Å². The van der Waals surface area contributed by atoms with Crippen molar-refractivity contribution in [2.24, 2.45) is 0 Å². The predicted octanol–water partition coefficient (Wildman–Crippen LogP) is 1.50. The normalized spacial score (nSPS) is 10.8. The zero-order valence-corrected chi connectivity index (χ0v) is 13.1. The molecule has 0 aliphatic carbocycles. The van der Waals surface area contributed by atoms with E-state index in [-0.39, 0.29) is 12.5 Å². The second-order valence-corrected chi connectivity index (χ2v) is 5.86. The molecule has 0 aliphatic heterocycles. The molecule has 0 saturated carbocycles. The second-order valence-electron chi connectivity index (χ2n) is 4.82. The van der Waals surface area contributed by atoms with Gasteiger partial charge in [-0.1, -0.05) is 29.0 Å². The van der Waals surface area contributed by atoms with Crippen LogP contribution in [0, 0.1) is 13.8 Å². The highest BCUT2D eigenvalue weighted by molar-refractivity contribution is 7.16. The van der Waals surface area contributed by atoms with Gasteiger partial charge in [-0.2, -0.15) is 9.61 Å². The van der Waals surface area contributed by atoms with Crippen molar-refractivity contribution >= 4 is 22.2 Å². The van der Waals surface area contributed by atoms with Gasteiger partial charge >= 0.3 is 0 Å². The van der Waals surface area contributed by atoms with E-state index in [1.165, 1.54) is 11.3 Å². The van der Waals surface area contributed by atoms with Crippen LogP contribution in [0.3, 0.4) is 0 Å². The van der Waals surface area contributed by atoms with Crippen LogP contribution in [0.25, 0.3) is 4.96 Å². The monoisotopic (exact) mass is 317 g/mol. The third-order valence-electron chi connectivity index (χ3n) is 3.02. The van der Waals surface area contributed by atoms with E-state index in [0.29, 0.717) is 12.3 Å². The molecule has 1 N–H and O–H groups in total. The summed E-state index contributed by atoms with van der Waals surface area (Å²) in [5.41, 5.74) is 1.15. The van der Waals surface area contributed by atoms with Crippen molar-refractivity contribution in [3.05, 3.63) is 40.7 Å². The van der Waals surface area contributed by atoms with Gasteiger partial charge in [-0.3, -0.25) is 4.79 Å². The van der Waals surface area contributed by atoms with Gasteiger partial charge in [-0.25, -0.2) is 0 Å².